The van der Waals surface area contributed by atoms with Crippen molar-refractivity contribution in [2.75, 3.05) is 0 Å². The maximum absolute atomic E-state index is 13.3. The van der Waals surface area contributed by atoms with Crippen molar-refractivity contribution >= 4 is 17.3 Å². The molecule has 2 aromatic rings. The van der Waals surface area contributed by atoms with Crippen LogP contribution in [0.2, 0.25) is 0 Å². The summed E-state index contributed by atoms with van der Waals surface area (Å²) in [5.74, 6) is -1.26. The standard InChI is InChI=1S/C23H17N3O4/c1-23(2)7-14(27)17-15(8-23)30-22-18(16(17)12-5-3-11(9-24)4-6-12)20(28)13-10-25-26-19(13)21(22)29/h3-6,10,16H,7-8H2,1-2H3,(H,25,26). The Morgan fingerprint density at radius 3 is 2.53 bits per heavy atom. The van der Waals surface area contributed by atoms with Gasteiger partial charge in [-0.05, 0) is 23.1 Å². The van der Waals surface area contributed by atoms with Gasteiger partial charge in [0.05, 0.1) is 29.0 Å². The van der Waals surface area contributed by atoms with Gasteiger partial charge < -0.3 is 4.74 Å². The first-order chi connectivity index (χ1) is 14.3. The molecule has 1 aliphatic heterocycles. The van der Waals surface area contributed by atoms with Gasteiger partial charge in [0.15, 0.2) is 17.3 Å². The van der Waals surface area contributed by atoms with Gasteiger partial charge in [-0.25, -0.2) is 0 Å². The van der Waals surface area contributed by atoms with Crippen LogP contribution in [0.1, 0.15) is 64.6 Å². The molecule has 2 heterocycles. The van der Waals surface area contributed by atoms with Crippen molar-refractivity contribution in [3.05, 3.63) is 75.5 Å². The van der Waals surface area contributed by atoms with Crippen LogP contribution in [-0.2, 0) is 9.53 Å². The van der Waals surface area contributed by atoms with E-state index in [1.807, 2.05) is 13.8 Å². The van der Waals surface area contributed by atoms with Crippen LogP contribution in [0.3, 0.4) is 0 Å². The molecule has 2 aliphatic carbocycles. The summed E-state index contributed by atoms with van der Waals surface area (Å²) in [6, 6.07) is 8.79. The summed E-state index contributed by atoms with van der Waals surface area (Å²) in [4.78, 5) is 39.6. The van der Waals surface area contributed by atoms with Crippen LogP contribution in [0.25, 0.3) is 0 Å². The van der Waals surface area contributed by atoms with Crippen molar-refractivity contribution in [3.8, 4) is 6.07 Å². The van der Waals surface area contributed by atoms with E-state index < -0.39 is 11.7 Å². The van der Waals surface area contributed by atoms with E-state index in [0.717, 1.165) is 0 Å². The number of aromatic nitrogens is 2. The molecule has 5 rings (SSSR count). The number of allylic oxidation sites excluding steroid dienone is 4. The van der Waals surface area contributed by atoms with Crippen LogP contribution in [0, 0.1) is 16.7 Å². The lowest BCUT2D eigenvalue weighted by Gasteiger charge is -2.39. The number of ether oxygens (including phenoxy) is 1. The molecule has 1 N–H and O–H groups in total. The van der Waals surface area contributed by atoms with E-state index in [1.165, 1.54) is 6.20 Å². The van der Waals surface area contributed by atoms with Crippen molar-refractivity contribution < 1.29 is 19.1 Å². The highest BCUT2D eigenvalue weighted by atomic mass is 16.5. The van der Waals surface area contributed by atoms with Crippen LogP contribution in [0.5, 0.6) is 0 Å². The fourth-order valence-corrected chi connectivity index (χ4v) is 4.52. The molecule has 0 radical (unpaired) electrons. The summed E-state index contributed by atoms with van der Waals surface area (Å²) in [7, 11) is 0. The number of H-pyrrole nitrogens is 1. The molecule has 30 heavy (non-hydrogen) atoms. The zero-order valence-electron chi connectivity index (χ0n) is 16.4. The number of nitriles is 1. The molecule has 148 valence electrons. The lowest BCUT2D eigenvalue weighted by molar-refractivity contribution is -0.119. The largest absolute Gasteiger partial charge is 0.457 e. The molecule has 0 saturated carbocycles. The Labute approximate surface area is 172 Å². The number of hydrogen-bond donors (Lipinski definition) is 1. The summed E-state index contributed by atoms with van der Waals surface area (Å²) in [5, 5.41) is 15.6. The Balaban J connectivity index is 1.75. The third-order valence-electron chi connectivity index (χ3n) is 5.86. The quantitative estimate of drug-likeness (QED) is 0.787. The smallest absolute Gasteiger partial charge is 0.247 e. The van der Waals surface area contributed by atoms with Gasteiger partial charge in [-0.3, -0.25) is 19.5 Å². The predicted octanol–water partition coefficient (Wildman–Crippen LogP) is 3.37. The molecule has 0 fully saturated rings. The van der Waals surface area contributed by atoms with Crippen LogP contribution in [0.4, 0.5) is 0 Å². The van der Waals surface area contributed by atoms with Gasteiger partial charge in [-0.2, -0.15) is 10.4 Å². The molecular weight excluding hydrogens is 382 g/mol. The SMILES string of the molecule is CC1(C)CC(=O)C2=C(C1)OC1=C(C(=O)c3cn[nH]c3C1=O)C2c1ccc(C#N)cc1. The number of fused-ring (bicyclic) bond motifs is 1. The molecule has 0 spiro atoms. The van der Waals surface area contributed by atoms with E-state index in [-0.39, 0.29) is 39.6 Å². The first-order valence-electron chi connectivity index (χ1n) is 9.62. The summed E-state index contributed by atoms with van der Waals surface area (Å²) in [6.07, 6.45) is 2.13. The maximum Gasteiger partial charge on any atom is 0.247 e. The maximum atomic E-state index is 13.3. The number of hydrogen-bond acceptors (Lipinski definition) is 6. The lowest BCUT2D eigenvalue weighted by atomic mass is 9.68. The summed E-state index contributed by atoms with van der Waals surface area (Å²) >= 11 is 0. The highest BCUT2D eigenvalue weighted by Gasteiger charge is 2.49. The van der Waals surface area contributed by atoms with E-state index in [1.54, 1.807) is 24.3 Å². The second-order valence-corrected chi connectivity index (χ2v) is 8.61. The van der Waals surface area contributed by atoms with E-state index >= 15 is 0 Å². The van der Waals surface area contributed by atoms with Crippen molar-refractivity contribution in [3.63, 3.8) is 0 Å². The Bertz CT molecular complexity index is 1250. The minimum absolute atomic E-state index is 0.0460. The van der Waals surface area contributed by atoms with E-state index in [4.69, 9.17) is 10.00 Å². The summed E-state index contributed by atoms with van der Waals surface area (Å²) in [5.41, 5.74) is 1.67. The normalized spacial score (nSPS) is 22.2. The average Bonchev–Trinajstić information content (AvgIpc) is 3.20. The number of aromatic amines is 1. The molecule has 0 saturated heterocycles. The van der Waals surface area contributed by atoms with Crippen LogP contribution >= 0.6 is 0 Å². The lowest BCUT2D eigenvalue weighted by Crippen LogP contribution is -2.37. The number of ketones is 3. The van der Waals surface area contributed by atoms with Crippen molar-refractivity contribution in [2.24, 2.45) is 5.41 Å². The molecule has 7 heteroatoms. The van der Waals surface area contributed by atoms with Gasteiger partial charge in [0.25, 0.3) is 0 Å². The number of nitrogens with zero attached hydrogens (tertiary/aromatic N) is 2. The molecular formula is C23H17N3O4. The summed E-state index contributed by atoms with van der Waals surface area (Å²) < 4.78 is 5.97. The van der Waals surface area contributed by atoms with Gasteiger partial charge >= 0.3 is 0 Å². The zero-order chi connectivity index (χ0) is 21.2. The second kappa shape index (κ2) is 6.10. The number of Topliss-reactive ketones (excluding diaryl/α,β-unsaturated/α-hetero) is 3. The Morgan fingerprint density at radius 1 is 1.10 bits per heavy atom. The number of benzene rings is 1. The Kier molecular flexibility index (Phi) is 3.71. The van der Waals surface area contributed by atoms with Crippen molar-refractivity contribution in [1.29, 1.82) is 5.26 Å². The fraction of sp³-hybridized carbons (Fsp3) is 0.261. The topological polar surface area (TPSA) is 113 Å². The van der Waals surface area contributed by atoms with Crippen molar-refractivity contribution in [1.82, 2.24) is 10.2 Å². The molecule has 1 aromatic heterocycles. The molecule has 0 bridgehead atoms. The molecule has 7 nitrogen and oxygen atoms in total. The van der Waals surface area contributed by atoms with Crippen LogP contribution in [-0.4, -0.2) is 27.5 Å². The second-order valence-electron chi connectivity index (χ2n) is 8.61. The fourth-order valence-electron chi connectivity index (χ4n) is 4.52. The van der Waals surface area contributed by atoms with E-state index in [2.05, 4.69) is 16.3 Å². The summed E-state index contributed by atoms with van der Waals surface area (Å²) in [6.45, 7) is 3.94. The van der Waals surface area contributed by atoms with Gasteiger partial charge in [-0.15, -0.1) is 0 Å². The number of nitrogens with one attached hydrogen (secondary N) is 1. The third-order valence-corrected chi connectivity index (χ3v) is 5.86. The third kappa shape index (κ3) is 2.50. The van der Waals surface area contributed by atoms with Crippen LogP contribution < -0.4 is 0 Å². The zero-order valence-corrected chi connectivity index (χ0v) is 16.4. The van der Waals surface area contributed by atoms with Gasteiger partial charge in [0.1, 0.15) is 11.5 Å². The average molecular weight is 399 g/mol. The Morgan fingerprint density at radius 2 is 1.83 bits per heavy atom. The Hall–Kier alpha value is -3.79. The van der Waals surface area contributed by atoms with Gasteiger partial charge in [0.2, 0.25) is 5.78 Å². The first-order valence-corrected chi connectivity index (χ1v) is 9.62. The highest BCUT2D eigenvalue weighted by molar-refractivity contribution is 6.27. The highest BCUT2D eigenvalue weighted by Crippen LogP contribution is 2.50. The minimum atomic E-state index is -0.723. The van der Waals surface area contributed by atoms with Gasteiger partial charge in [-0.1, -0.05) is 26.0 Å². The van der Waals surface area contributed by atoms with E-state index in [0.29, 0.717) is 35.3 Å². The van der Waals surface area contributed by atoms with Crippen LogP contribution in [0.15, 0.2) is 53.1 Å². The first kappa shape index (κ1) is 18.3. The van der Waals surface area contributed by atoms with Crippen molar-refractivity contribution in [2.45, 2.75) is 32.6 Å². The molecule has 1 aromatic carbocycles. The molecule has 0 amide bonds. The monoisotopic (exact) mass is 399 g/mol. The molecule has 1 unspecified atom stereocenters. The number of carbonyl (C=O) groups is 3. The molecule has 3 aliphatic rings. The number of rotatable bonds is 1. The van der Waals surface area contributed by atoms with Gasteiger partial charge in [0, 0.05) is 24.3 Å². The minimum Gasteiger partial charge on any atom is -0.457 e. The molecule has 1 atom stereocenters. The predicted molar refractivity (Wildman–Crippen MR) is 104 cm³/mol. The number of carbonyl (C=O) groups excluding carboxylic acids is 3. The van der Waals surface area contributed by atoms with E-state index in [9.17, 15) is 14.4 Å².